The van der Waals surface area contributed by atoms with Gasteiger partial charge in [0.05, 0.1) is 16.9 Å². The lowest BCUT2D eigenvalue weighted by Crippen LogP contribution is -2.60. The van der Waals surface area contributed by atoms with Crippen LogP contribution < -0.4 is 10.6 Å². The van der Waals surface area contributed by atoms with Gasteiger partial charge in [0.15, 0.2) is 0 Å². The molecule has 0 aromatic heterocycles. The van der Waals surface area contributed by atoms with Gasteiger partial charge >= 0.3 is 12.1 Å². The van der Waals surface area contributed by atoms with Gasteiger partial charge in [0.25, 0.3) is 0 Å². The molecule has 2 aliphatic carbocycles. The first-order valence-corrected chi connectivity index (χ1v) is 12.2. The lowest BCUT2D eigenvalue weighted by Gasteiger charge is -2.41. The molecule has 0 heterocycles. The van der Waals surface area contributed by atoms with E-state index in [9.17, 15) is 19.5 Å². The Balaban J connectivity index is 1.37. The number of nitrogens with one attached hydrogen (secondary N) is 2. The predicted octanol–water partition coefficient (Wildman–Crippen LogP) is 4.70. The summed E-state index contributed by atoms with van der Waals surface area (Å²) in [5.41, 5.74) is 2.72. The van der Waals surface area contributed by atoms with Gasteiger partial charge in [-0.05, 0) is 69.2 Å². The lowest BCUT2D eigenvalue weighted by atomic mass is 9.73. The molecule has 2 atom stereocenters. The van der Waals surface area contributed by atoms with Gasteiger partial charge in [-0.3, -0.25) is 9.59 Å². The second-order valence-corrected chi connectivity index (χ2v) is 10.7. The third-order valence-electron chi connectivity index (χ3n) is 8.01. The number of aliphatic carboxylic acids is 1. The average Bonchev–Trinajstić information content (AvgIpc) is 3.40. The first-order chi connectivity index (χ1) is 16.5. The zero-order valence-corrected chi connectivity index (χ0v) is 20.8. The number of carbonyl (C=O) groups is 3. The summed E-state index contributed by atoms with van der Waals surface area (Å²) >= 11 is 0. The van der Waals surface area contributed by atoms with Crippen molar-refractivity contribution in [1.29, 1.82) is 0 Å². The summed E-state index contributed by atoms with van der Waals surface area (Å²) in [7, 11) is 0. The van der Waals surface area contributed by atoms with E-state index in [0.717, 1.165) is 22.3 Å². The molecule has 3 N–H and O–H groups in total. The molecule has 0 saturated heterocycles. The van der Waals surface area contributed by atoms with Crippen molar-refractivity contribution >= 4 is 18.0 Å². The lowest BCUT2D eigenvalue weighted by molar-refractivity contribution is -0.142. The highest BCUT2D eigenvalue weighted by atomic mass is 16.5. The van der Waals surface area contributed by atoms with E-state index in [1.54, 1.807) is 27.7 Å². The number of carbonyl (C=O) groups excluding carboxylic acids is 2. The Bertz CT molecular complexity index is 1090. The first kappa shape index (κ1) is 24.8. The second-order valence-electron chi connectivity index (χ2n) is 10.7. The summed E-state index contributed by atoms with van der Waals surface area (Å²) in [5, 5.41) is 15.1. The van der Waals surface area contributed by atoms with Crippen LogP contribution >= 0.6 is 0 Å². The van der Waals surface area contributed by atoms with Gasteiger partial charge in [0.1, 0.15) is 6.61 Å². The fraction of sp³-hybridized carbons (Fsp3) is 0.464. The van der Waals surface area contributed by atoms with E-state index in [1.807, 2.05) is 24.3 Å². The molecule has 2 unspecified atom stereocenters. The summed E-state index contributed by atoms with van der Waals surface area (Å²) < 4.78 is 5.68. The normalized spacial score (nSPS) is 19.5. The number of carboxylic acids is 1. The van der Waals surface area contributed by atoms with Crippen LogP contribution in [0.5, 0.6) is 0 Å². The fourth-order valence-electron chi connectivity index (χ4n) is 5.03. The third-order valence-corrected chi connectivity index (χ3v) is 8.01. The molecule has 1 fully saturated rings. The maximum absolute atomic E-state index is 13.1. The molecule has 7 nitrogen and oxygen atoms in total. The van der Waals surface area contributed by atoms with Gasteiger partial charge in [-0.1, -0.05) is 48.5 Å². The molecule has 2 aromatic rings. The van der Waals surface area contributed by atoms with E-state index >= 15 is 0 Å². The highest BCUT2D eigenvalue weighted by Gasteiger charge is 2.46. The summed E-state index contributed by atoms with van der Waals surface area (Å²) in [6.45, 7) is 7.33. The van der Waals surface area contributed by atoms with Gasteiger partial charge < -0.3 is 20.5 Å². The Morgan fingerprint density at radius 3 is 2.06 bits per heavy atom. The number of hydrogen-bond donors (Lipinski definition) is 3. The largest absolute Gasteiger partial charge is 0.481 e. The number of hydrogen-bond acceptors (Lipinski definition) is 4. The topological polar surface area (TPSA) is 105 Å². The maximum atomic E-state index is 13.1. The van der Waals surface area contributed by atoms with Crippen molar-refractivity contribution in [2.24, 2.45) is 11.3 Å². The van der Waals surface area contributed by atoms with E-state index < -0.39 is 28.9 Å². The number of fused-ring (bicyclic) bond motifs is 3. The fourth-order valence-corrected chi connectivity index (χ4v) is 5.03. The molecule has 186 valence electrons. The van der Waals surface area contributed by atoms with Crippen LogP contribution in [0.3, 0.4) is 0 Å². The Morgan fingerprint density at radius 1 is 0.943 bits per heavy atom. The first-order valence-electron chi connectivity index (χ1n) is 12.2. The van der Waals surface area contributed by atoms with Crippen molar-refractivity contribution in [3.63, 3.8) is 0 Å². The quantitative estimate of drug-likeness (QED) is 0.535. The van der Waals surface area contributed by atoms with Crippen LogP contribution in [0, 0.1) is 11.3 Å². The molecule has 0 bridgehead atoms. The van der Waals surface area contributed by atoms with Gasteiger partial charge in [0.2, 0.25) is 5.91 Å². The summed E-state index contributed by atoms with van der Waals surface area (Å²) in [5.74, 6) is -1.51. The zero-order chi connectivity index (χ0) is 25.4. The minimum Gasteiger partial charge on any atom is -0.481 e. The molecular formula is C28H34N2O5. The third kappa shape index (κ3) is 4.77. The number of ether oxygens (including phenoxy) is 1. The molecule has 2 aliphatic rings. The minimum absolute atomic E-state index is 0.0443. The highest BCUT2D eigenvalue weighted by molar-refractivity contribution is 5.85. The number of rotatable bonds is 7. The second kappa shape index (κ2) is 9.36. The molecule has 35 heavy (non-hydrogen) atoms. The molecular weight excluding hydrogens is 444 g/mol. The Labute approximate surface area is 206 Å². The van der Waals surface area contributed by atoms with Crippen molar-refractivity contribution in [2.45, 2.75) is 64.5 Å². The molecule has 1 saturated carbocycles. The van der Waals surface area contributed by atoms with Crippen LogP contribution in [0.4, 0.5) is 4.79 Å². The molecule has 7 heteroatoms. The molecule has 2 amide bonds. The summed E-state index contributed by atoms with van der Waals surface area (Å²) in [4.78, 5) is 37.2. The van der Waals surface area contributed by atoms with Gasteiger partial charge in [-0.15, -0.1) is 0 Å². The highest BCUT2D eigenvalue weighted by Crippen LogP contribution is 2.44. The van der Waals surface area contributed by atoms with Crippen molar-refractivity contribution in [1.82, 2.24) is 10.6 Å². The standard InChI is InChI=1S/C28H34N2O5/c1-27(2,25(33)29-18-14-13-17(15-18)24(31)32)28(3,4)30-26(34)35-16-23-21-11-7-5-9-19(21)20-10-6-8-12-22(20)23/h5-12,17-18,23H,13-16H2,1-4H3,(H,29,33)(H,30,34)(H,31,32). The molecule has 2 aromatic carbocycles. The van der Waals surface area contributed by atoms with Crippen LogP contribution in [0.25, 0.3) is 11.1 Å². The summed E-state index contributed by atoms with van der Waals surface area (Å²) in [6.07, 6.45) is 1.04. The molecule has 0 radical (unpaired) electrons. The van der Waals surface area contributed by atoms with Crippen molar-refractivity contribution in [3.05, 3.63) is 59.7 Å². The number of benzene rings is 2. The number of amides is 2. The van der Waals surface area contributed by atoms with E-state index in [-0.39, 0.29) is 24.5 Å². The zero-order valence-electron chi connectivity index (χ0n) is 20.8. The van der Waals surface area contributed by atoms with E-state index in [2.05, 4.69) is 34.9 Å². The van der Waals surface area contributed by atoms with Crippen molar-refractivity contribution in [3.8, 4) is 11.1 Å². The Morgan fingerprint density at radius 2 is 1.51 bits per heavy atom. The van der Waals surface area contributed by atoms with Crippen LogP contribution in [-0.4, -0.2) is 41.3 Å². The molecule has 4 rings (SSSR count). The van der Waals surface area contributed by atoms with E-state index in [4.69, 9.17) is 4.74 Å². The summed E-state index contributed by atoms with van der Waals surface area (Å²) in [6, 6.07) is 16.1. The average molecular weight is 479 g/mol. The van der Waals surface area contributed by atoms with Crippen LogP contribution in [0.15, 0.2) is 48.5 Å². The monoisotopic (exact) mass is 478 g/mol. The molecule has 0 aliphatic heterocycles. The van der Waals surface area contributed by atoms with Crippen molar-refractivity contribution < 1.29 is 24.2 Å². The minimum atomic E-state index is -0.958. The molecule has 0 spiro atoms. The van der Waals surface area contributed by atoms with Gasteiger partial charge in [0, 0.05) is 12.0 Å². The van der Waals surface area contributed by atoms with Gasteiger partial charge in [-0.2, -0.15) is 0 Å². The smallest absolute Gasteiger partial charge is 0.407 e. The van der Waals surface area contributed by atoms with Crippen LogP contribution in [-0.2, 0) is 14.3 Å². The SMILES string of the molecule is CC(C)(NC(=O)OCC1c2ccccc2-c2ccccc21)C(C)(C)C(=O)NC1CCC(C(=O)O)C1. The van der Waals surface area contributed by atoms with Gasteiger partial charge in [-0.25, -0.2) is 4.79 Å². The number of carboxylic acid groups (broad SMARTS) is 1. The van der Waals surface area contributed by atoms with E-state index in [1.165, 1.54) is 0 Å². The van der Waals surface area contributed by atoms with Crippen LogP contribution in [0.1, 0.15) is 64.0 Å². The maximum Gasteiger partial charge on any atom is 0.407 e. The Kier molecular flexibility index (Phi) is 6.62. The van der Waals surface area contributed by atoms with Crippen LogP contribution in [0.2, 0.25) is 0 Å². The Hall–Kier alpha value is -3.35. The predicted molar refractivity (Wildman–Crippen MR) is 133 cm³/mol. The van der Waals surface area contributed by atoms with Crippen molar-refractivity contribution in [2.75, 3.05) is 6.61 Å². The number of alkyl carbamates (subject to hydrolysis) is 1. The van der Waals surface area contributed by atoms with E-state index in [0.29, 0.717) is 19.3 Å².